The standard InChI is InChI=1S/C13H15N3O4S/c1-9(12-15-16-13(20-12)21(2,18)19)14-11(17)8-10-6-4-3-5-7-10/h3-7,9H,8H2,1-2H3,(H,14,17)/t9-/m0/s1. The van der Waals surface area contributed by atoms with Crippen LogP contribution in [0.5, 0.6) is 0 Å². The van der Waals surface area contributed by atoms with Crippen molar-refractivity contribution in [2.75, 3.05) is 6.26 Å². The fourth-order valence-corrected chi connectivity index (χ4v) is 2.11. The summed E-state index contributed by atoms with van der Waals surface area (Å²) in [6, 6.07) is 8.70. The maximum Gasteiger partial charge on any atom is 0.335 e. The summed E-state index contributed by atoms with van der Waals surface area (Å²) in [5.74, 6) is -0.162. The Kier molecular flexibility index (Phi) is 4.37. The number of carbonyl (C=O) groups excluding carboxylic acids is 1. The van der Waals surface area contributed by atoms with E-state index in [0.717, 1.165) is 11.8 Å². The molecule has 0 fully saturated rings. The van der Waals surface area contributed by atoms with Crippen LogP contribution in [-0.2, 0) is 21.1 Å². The normalized spacial score (nSPS) is 12.9. The topological polar surface area (TPSA) is 102 Å². The van der Waals surface area contributed by atoms with Crippen LogP contribution in [-0.4, -0.2) is 30.8 Å². The Labute approximate surface area is 122 Å². The second kappa shape index (κ2) is 6.04. The average Bonchev–Trinajstić information content (AvgIpc) is 2.89. The maximum absolute atomic E-state index is 11.9. The third-order valence-corrected chi connectivity index (χ3v) is 3.49. The van der Waals surface area contributed by atoms with Gasteiger partial charge in [-0.05, 0) is 12.5 Å². The highest BCUT2D eigenvalue weighted by atomic mass is 32.2. The number of nitrogens with one attached hydrogen (secondary N) is 1. The van der Waals surface area contributed by atoms with Crippen LogP contribution < -0.4 is 5.32 Å². The Morgan fingerprint density at radius 1 is 1.29 bits per heavy atom. The van der Waals surface area contributed by atoms with Crippen LogP contribution in [0.2, 0.25) is 0 Å². The van der Waals surface area contributed by atoms with Crippen LogP contribution in [0.3, 0.4) is 0 Å². The van der Waals surface area contributed by atoms with Gasteiger partial charge in [0.25, 0.3) is 0 Å². The summed E-state index contributed by atoms with van der Waals surface area (Å²) in [7, 11) is -3.55. The SMILES string of the molecule is C[C@H](NC(=O)Cc1ccccc1)c1nnc(S(C)(=O)=O)o1. The minimum Gasteiger partial charge on any atom is -0.410 e. The first-order chi connectivity index (χ1) is 9.86. The number of hydrogen-bond acceptors (Lipinski definition) is 6. The van der Waals surface area contributed by atoms with Crippen LogP contribution in [0.1, 0.15) is 24.4 Å². The molecule has 0 saturated carbocycles. The van der Waals surface area contributed by atoms with E-state index < -0.39 is 21.1 Å². The molecule has 0 aliphatic heterocycles. The lowest BCUT2D eigenvalue weighted by molar-refractivity contribution is -0.121. The average molecular weight is 309 g/mol. The highest BCUT2D eigenvalue weighted by molar-refractivity contribution is 7.90. The molecule has 112 valence electrons. The van der Waals surface area contributed by atoms with Gasteiger partial charge in [-0.15, -0.1) is 5.10 Å². The maximum atomic E-state index is 11.9. The van der Waals surface area contributed by atoms with E-state index in [0.29, 0.717) is 0 Å². The van der Waals surface area contributed by atoms with Gasteiger partial charge in [-0.1, -0.05) is 35.4 Å². The van der Waals surface area contributed by atoms with E-state index in [1.54, 1.807) is 6.92 Å². The largest absolute Gasteiger partial charge is 0.410 e. The van der Waals surface area contributed by atoms with Crippen LogP contribution in [0.4, 0.5) is 0 Å². The molecule has 1 atom stereocenters. The Balaban J connectivity index is 1.99. The Hall–Kier alpha value is -2.22. The number of carbonyl (C=O) groups is 1. The summed E-state index contributed by atoms with van der Waals surface area (Å²) in [6.07, 6.45) is 1.20. The van der Waals surface area contributed by atoms with E-state index in [1.807, 2.05) is 30.3 Å². The molecule has 0 saturated heterocycles. The molecule has 1 amide bonds. The predicted molar refractivity (Wildman–Crippen MR) is 74.1 cm³/mol. The molecule has 1 aromatic carbocycles. The molecule has 0 spiro atoms. The Morgan fingerprint density at radius 2 is 1.95 bits per heavy atom. The molecule has 7 nitrogen and oxygen atoms in total. The van der Waals surface area contributed by atoms with E-state index in [1.165, 1.54) is 0 Å². The molecule has 2 aromatic rings. The highest BCUT2D eigenvalue weighted by Crippen LogP contribution is 2.14. The molecule has 0 bridgehead atoms. The molecule has 8 heteroatoms. The lowest BCUT2D eigenvalue weighted by Crippen LogP contribution is -2.28. The summed E-state index contributed by atoms with van der Waals surface area (Å²) < 4.78 is 27.5. The van der Waals surface area contributed by atoms with Crippen molar-refractivity contribution >= 4 is 15.7 Å². The second-order valence-electron chi connectivity index (χ2n) is 4.63. The summed E-state index contributed by atoms with van der Waals surface area (Å²) in [4.78, 5) is 11.9. The Morgan fingerprint density at radius 3 is 2.52 bits per heavy atom. The molecular weight excluding hydrogens is 294 g/mol. The zero-order valence-corrected chi connectivity index (χ0v) is 12.4. The third kappa shape index (κ3) is 4.12. The number of nitrogens with zero attached hydrogens (tertiary/aromatic N) is 2. The monoisotopic (exact) mass is 309 g/mol. The van der Waals surface area contributed by atoms with Gasteiger partial charge in [0, 0.05) is 6.26 Å². The van der Waals surface area contributed by atoms with Gasteiger partial charge in [0.1, 0.15) is 6.04 Å². The van der Waals surface area contributed by atoms with Gasteiger partial charge in [0.15, 0.2) is 0 Å². The number of aromatic nitrogens is 2. The first-order valence-corrected chi connectivity index (χ1v) is 8.12. The van der Waals surface area contributed by atoms with Gasteiger partial charge in [0.2, 0.25) is 21.6 Å². The zero-order valence-electron chi connectivity index (χ0n) is 11.6. The van der Waals surface area contributed by atoms with Crippen LogP contribution >= 0.6 is 0 Å². The summed E-state index contributed by atoms with van der Waals surface area (Å²) in [5, 5.41) is 9.30. The van der Waals surface area contributed by atoms with Crippen LogP contribution in [0.25, 0.3) is 0 Å². The number of sulfone groups is 1. The Bertz CT molecular complexity index is 725. The summed E-state index contributed by atoms with van der Waals surface area (Å²) >= 11 is 0. The first kappa shape index (κ1) is 15.2. The molecule has 1 heterocycles. The molecule has 0 aliphatic rings. The fourth-order valence-electron chi connectivity index (χ4n) is 1.68. The molecule has 2 rings (SSSR count). The molecular formula is C13H15N3O4S. The lowest BCUT2D eigenvalue weighted by atomic mass is 10.1. The molecule has 0 radical (unpaired) electrons. The minimum absolute atomic E-state index is 0.0526. The minimum atomic E-state index is -3.55. The summed E-state index contributed by atoms with van der Waals surface area (Å²) in [5.41, 5.74) is 0.879. The lowest BCUT2D eigenvalue weighted by Gasteiger charge is -2.09. The van der Waals surface area contributed by atoms with Crippen molar-refractivity contribution in [1.82, 2.24) is 15.5 Å². The molecule has 1 aromatic heterocycles. The fraction of sp³-hybridized carbons (Fsp3) is 0.308. The van der Waals surface area contributed by atoms with Crippen molar-refractivity contribution in [1.29, 1.82) is 0 Å². The number of rotatable bonds is 5. The van der Waals surface area contributed by atoms with Crippen molar-refractivity contribution < 1.29 is 17.6 Å². The van der Waals surface area contributed by atoms with E-state index in [2.05, 4.69) is 15.5 Å². The van der Waals surface area contributed by atoms with E-state index in [9.17, 15) is 13.2 Å². The quantitative estimate of drug-likeness (QED) is 0.880. The molecule has 0 aliphatic carbocycles. The van der Waals surface area contributed by atoms with Gasteiger partial charge in [0.05, 0.1) is 6.42 Å². The predicted octanol–water partition coefficient (Wildman–Crippen LogP) is 0.893. The van der Waals surface area contributed by atoms with Gasteiger partial charge < -0.3 is 9.73 Å². The van der Waals surface area contributed by atoms with Gasteiger partial charge in [-0.2, -0.15) is 0 Å². The van der Waals surface area contributed by atoms with Crippen LogP contribution in [0.15, 0.2) is 40.0 Å². The summed E-state index contributed by atoms with van der Waals surface area (Å²) in [6.45, 7) is 1.64. The zero-order chi connectivity index (χ0) is 15.5. The first-order valence-electron chi connectivity index (χ1n) is 6.23. The van der Waals surface area contributed by atoms with E-state index in [4.69, 9.17) is 4.42 Å². The van der Waals surface area contributed by atoms with Gasteiger partial charge in [-0.25, -0.2) is 8.42 Å². The number of benzene rings is 1. The van der Waals surface area contributed by atoms with Crippen molar-refractivity contribution in [3.8, 4) is 0 Å². The van der Waals surface area contributed by atoms with Gasteiger partial charge in [-0.3, -0.25) is 4.79 Å². The smallest absolute Gasteiger partial charge is 0.335 e. The third-order valence-electron chi connectivity index (χ3n) is 2.69. The van der Waals surface area contributed by atoms with E-state index >= 15 is 0 Å². The second-order valence-corrected chi connectivity index (χ2v) is 6.52. The van der Waals surface area contributed by atoms with Crippen molar-refractivity contribution in [3.05, 3.63) is 41.8 Å². The highest BCUT2D eigenvalue weighted by Gasteiger charge is 2.21. The molecule has 21 heavy (non-hydrogen) atoms. The van der Waals surface area contributed by atoms with Crippen molar-refractivity contribution in [3.63, 3.8) is 0 Å². The van der Waals surface area contributed by atoms with Crippen LogP contribution in [0, 0.1) is 0 Å². The number of amides is 1. The molecule has 0 unspecified atom stereocenters. The van der Waals surface area contributed by atoms with Gasteiger partial charge >= 0.3 is 5.22 Å². The van der Waals surface area contributed by atoms with Crippen molar-refractivity contribution in [2.24, 2.45) is 0 Å². The van der Waals surface area contributed by atoms with E-state index in [-0.39, 0.29) is 18.2 Å². The molecule has 1 N–H and O–H groups in total. The number of hydrogen-bond donors (Lipinski definition) is 1. The van der Waals surface area contributed by atoms with Crippen molar-refractivity contribution in [2.45, 2.75) is 24.6 Å².